The Balaban J connectivity index is 0.000000226. The van der Waals surface area contributed by atoms with E-state index in [4.69, 9.17) is 19.8 Å². The number of quaternary nitrogens is 2. The molecule has 4 saturated heterocycles. The summed E-state index contributed by atoms with van der Waals surface area (Å²) in [4.78, 5) is 53.5. The highest BCUT2D eigenvalue weighted by molar-refractivity contribution is 5.95. The van der Waals surface area contributed by atoms with Gasteiger partial charge in [-0.3, -0.25) is 29.2 Å². The molecule has 4 aliphatic heterocycles. The highest BCUT2D eigenvalue weighted by Gasteiger charge is 2.31. The van der Waals surface area contributed by atoms with Crippen LogP contribution in [0.4, 0.5) is 35.1 Å². The summed E-state index contributed by atoms with van der Waals surface area (Å²) >= 11 is 0. The van der Waals surface area contributed by atoms with Gasteiger partial charge in [-0.2, -0.15) is 26.3 Å². The van der Waals surface area contributed by atoms with Crippen molar-refractivity contribution >= 4 is 23.8 Å². The number of aliphatic carboxylic acids is 2. The van der Waals surface area contributed by atoms with Gasteiger partial charge >= 0.3 is 12.4 Å². The number of carboxylic acids is 2. The van der Waals surface area contributed by atoms with E-state index >= 15 is 0 Å². The van der Waals surface area contributed by atoms with Crippen LogP contribution in [0.3, 0.4) is 0 Å². The predicted octanol–water partition coefficient (Wildman–Crippen LogP) is 7.59. The summed E-state index contributed by atoms with van der Waals surface area (Å²) in [6.07, 6.45) is -10.4. The zero-order valence-corrected chi connectivity index (χ0v) is 55.6. The van der Waals surface area contributed by atoms with Crippen LogP contribution < -0.4 is 31.5 Å². The molecule has 0 radical (unpaired) electrons. The van der Waals surface area contributed by atoms with Gasteiger partial charge in [0.2, 0.25) is 0 Å². The average Bonchev–Trinajstić information content (AvgIpc) is 0.871. The minimum Gasteiger partial charge on any atom is -0.542 e. The van der Waals surface area contributed by atoms with Crippen molar-refractivity contribution in [2.24, 2.45) is 0 Å². The van der Waals surface area contributed by atoms with Crippen molar-refractivity contribution in [1.82, 2.24) is 40.9 Å². The summed E-state index contributed by atoms with van der Waals surface area (Å²) in [5.41, 5.74) is 10.6. The van der Waals surface area contributed by atoms with Gasteiger partial charge in [0.25, 0.3) is 11.8 Å². The Morgan fingerprint density at radius 1 is 0.469 bits per heavy atom. The number of nitrogens with zero attached hydrogens (tertiary/aromatic N) is 6. The highest BCUT2D eigenvalue weighted by atomic mass is 19.4. The molecule has 6 aromatic carbocycles. The van der Waals surface area contributed by atoms with Gasteiger partial charge < -0.3 is 50.0 Å². The first-order valence-electron chi connectivity index (χ1n) is 32.6. The van der Waals surface area contributed by atoms with E-state index in [9.17, 15) is 44.7 Å². The number of hydrogen-bond donors (Lipinski definition) is 4. The average molecular weight is 1340 g/mol. The van der Waals surface area contributed by atoms with Crippen LogP contribution in [0, 0.1) is 11.6 Å². The molecule has 4 N–H and O–H groups in total. The zero-order valence-electron chi connectivity index (χ0n) is 55.6. The summed E-state index contributed by atoms with van der Waals surface area (Å²) in [5.74, 6) is -6.74. The number of nitrogens with one attached hydrogen (secondary N) is 4. The number of benzene rings is 6. The topological polar surface area (TPSA) is 175 Å². The summed E-state index contributed by atoms with van der Waals surface area (Å²) in [6.45, 7) is 30.3. The molecule has 520 valence electrons. The van der Waals surface area contributed by atoms with Crippen LogP contribution in [-0.4, -0.2) is 196 Å². The lowest BCUT2D eigenvalue weighted by atomic mass is 10.00. The number of rotatable bonds is 18. The molecule has 2 atom stereocenters. The maximum atomic E-state index is 14.9. The normalized spacial score (nSPS) is 18.4. The molecule has 16 nitrogen and oxygen atoms in total. The number of amides is 2. The lowest BCUT2D eigenvalue weighted by Crippen LogP contribution is -2.56. The summed E-state index contributed by atoms with van der Waals surface area (Å²) in [6, 6.07) is 43.3. The fourth-order valence-electron chi connectivity index (χ4n) is 11.9. The fraction of sp³-hybridized carbons (Fsp3) is 0.444. The lowest BCUT2D eigenvalue weighted by Gasteiger charge is -2.41. The van der Waals surface area contributed by atoms with Gasteiger partial charge in [0, 0.05) is 139 Å². The van der Waals surface area contributed by atoms with Crippen molar-refractivity contribution in [3.8, 4) is 22.3 Å². The number of carboxylic acid groups (broad SMARTS) is 2. The number of hydrogen-bond acceptors (Lipinski definition) is 12. The van der Waals surface area contributed by atoms with E-state index in [0.29, 0.717) is 47.4 Å². The molecule has 0 saturated carbocycles. The minimum absolute atomic E-state index is 0.112. The molecule has 10 rings (SSSR count). The van der Waals surface area contributed by atoms with E-state index in [1.54, 1.807) is 12.1 Å². The standard InChI is InChI=1S/2C34H44FN5O.2C2HF3O2/c2*1-4-40(3)17-15-38(16-18-40)24-29-8-6-10-31(20-29)34(41)37-22-27-11-12-33(35)32(21-27)30-9-5-7-28(19-30)25-39-14-13-36-26(2)23-39;2*3-2(4,5)1(6)7/h2*5-12,19-21,26,36H,4,13-18,22-25H2,1-3H3;2*(H,6,7)/t2*26-;;/m00../s1. The molecular formula is C72H90F8N10O6. The second-order valence-electron chi connectivity index (χ2n) is 25.9. The Bertz CT molecular complexity index is 3310. The molecule has 4 fully saturated rings. The third-order valence-electron chi connectivity index (χ3n) is 18.2. The maximum absolute atomic E-state index is 14.9. The molecule has 0 bridgehead atoms. The number of carbonyl (C=O) groups excluding carboxylic acids is 4. The first kappa shape index (κ1) is 75.7. The second-order valence-corrected chi connectivity index (χ2v) is 25.9. The number of carbonyl (C=O) groups is 4. The molecule has 24 heteroatoms. The van der Waals surface area contributed by atoms with E-state index in [2.05, 4.69) is 119 Å². The van der Waals surface area contributed by atoms with Crippen LogP contribution in [-0.2, 0) is 48.9 Å². The molecule has 4 aliphatic rings. The molecule has 0 aliphatic carbocycles. The molecule has 0 spiro atoms. The van der Waals surface area contributed by atoms with E-state index in [1.165, 1.54) is 36.3 Å². The van der Waals surface area contributed by atoms with E-state index < -0.39 is 24.3 Å². The molecule has 0 unspecified atom stereocenters. The smallest absolute Gasteiger partial charge is 0.430 e. The van der Waals surface area contributed by atoms with Gasteiger partial charge in [-0.25, -0.2) is 8.78 Å². The molecule has 4 heterocycles. The summed E-state index contributed by atoms with van der Waals surface area (Å²) in [5, 5.41) is 30.6. The van der Waals surface area contributed by atoms with Crippen LogP contribution in [0.15, 0.2) is 133 Å². The molecule has 6 aromatic rings. The van der Waals surface area contributed by atoms with Crippen molar-refractivity contribution in [2.75, 3.05) is 119 Å². The molecule has 0 aromatic heterocycles. The Kier molecular flexibility index (Phi) is 27.6. The zero-order chi connectivity index (χ0) is 69.8. The fourth-order valence-corrected chi connectivity index (χ4v) is 11.9. The van der Waals surface area contributed by atoms with Gasteiger partial charge in [0.1, 0.15) is 23.6 Å². The first-order valence-corrected chi connectivity index (χ1v) is 32.6. The third kappa shape index (κ3) is 23.8. The van der Waals surface area contributed by atoms with Gasteiger partial charge in [0.05, 0.1) is 53.4 Å². The highest BCUT2D eigenvalue weighted by Crippen LogP contribution is 2.28. The van der Waals surface area contributed by atoms with Gasteiger partial charge in [0.15, 0.2) is 0 Å². The predicted molar refractivity (Wildman–Crippen MR) is 350 cm³/mol. The van der Waals surface area contributed by atoms with Crippen LogP contribution in [0.25, 0.3) is 22.3 Å². The van der Waals surface area contributed by atoms with Crippen molar-refractivity contribution in [3.63, 3.8) is 0 Å². The number of likely N-dealkylation sites (N-methyl/N-ethyl adjacent to an activating group) is 2. The number of halogens is 8. The van der Waals surface area contributed by atoms with Crippen LogP contribution in [0.5, 0.6) is 0 Å². The Morgan fingerprint density at radius 3 is 1.11 bits per heavy atom. The second kappa shape index (κ2) is 35.0. The Morgan fingerprint density at radius 2 is 0.792 bits per heavy atom. The van der Waals surface area contributed by atoms with Crippen LogP contribution >= 0.6 is 0 Å². The van der Waals surface area contributed by atoms with Crippen LogP contribution in [0.1, 0.15) is 81.8 Å². The lowest BCUT2D eigenvalue weighted by molar-refractivity contribution is -0.912. The largest absolute Gasteiger partial charge is 0.542 e. The van der Waals surface area contributed by atoms with Gasteiger partial charge in [-0.1, -0.05) is 72.8 Å². The third-order valence-corrected chi connectivity index (χ3v) is 18.2. The first-order chi connectivity index (χ1) is 45.5. The number of alkyl halides is 6. The SMILES string of the molecule is CC[N+]1(C)CCN(Cc2cccc(C(=O)NCc3ccc(F)c(-c4cccc(CN5CCN[C@@H](C)C5)c4)c3)c2)CC1.CC[N+]1(C)CCN(Cc2cccc(C(=O)NCc3ccc(F)c(-c4cccc(CN5CCN[C@@H](C)C5)c4)c3)c2)CC1.O=C([O-])C(F)(F)F.O=C([O-])C(F)(F)F. The van der Waals surface area contributed by atoms with E-state index in [0.717, 1.165) is 160 Å². The summed E-state index contributed by atoms with van der Waals surface area (Å²) in [7, 11) is 4.66. The molecule has 2 amide bonds. The van der Waals surface area contributed by atoms with Crippen LogP contribution in [0.2, 0.25) is 0 Å². The quantitative estimate of drug-likeness (QED) is 0.0491. The minimum atomic E-state index is -5.19. The number of piperazine rings is 4. The van der Waals surface area contributed by atoms with E-state index in [1.807, 2.05) is 72.8 Å². The Labute approximate surface area is 558 Å². The van der Waals surface area contributed by atoms with Crippen molar-refractivity contribution in [3.05, 3.63) is 190 Å². The maximum Gasteiger partial charge on any atom is 0.430 e. The summed E-state index contributed by atoms with van der Waals surface area (Å²) < 4.78 is 95.3. The van der Waals surface area contributed by atoms with Gasteiger partial charge in [-0.15, -0.1) is 0 Å². The van der Waals surface area contributed by atoms with Crippen molar-refractivity contribution < 1.29 is 73.5 Å². The molecular weight excluding hydrogens is 1250 g/mol. The Hall–Kier alpha value is -7.68. The van der Waals surface area contributed by atoms with Gasteiger partial charge in [-0.05, 0) is 133 Å². The molecule has 96 heavy (non-hydrogen) atoms. The van der Waals surface area contributed by atoms with Crippen molar-refractivity contribution in [1.29, 1.82) is 0 Å². The monoisotopic (exact) mass is 1340 g/mol. The van der Waals surface area contributed by atoms with Crippen molar-refractivity contribution in [2.45, 2.75) is 91.4 Å². The van der Waals surface area contributed by atoms with E-state index in [-0.39, 0.29) is 23.4 Å².